The molecule has 0 fully saturated rings. The van der Waals surface area contributed by atoms with Crippen molar-refractivity contribution >= 4 is 19.8 Å². The number of allylic oxidation sites excluding steroid dienone is 4. The van der Waals surface area contributed by atoms with E-state index in [9.17, 15) is 24.2 Å². The van der Waals surface area contributed by atoms with E-state index in [-0.39, 0.29) is 19.4 Å². The number of hydrogen-bond donors (Lipinski definition) is 3. The molecule has 0 radical (unpaired) electrons. The van der Waals surface area contributed by atoms with Crippen LogP contribution in [-0.4, -0.2) is 65.7 Å². The lowest BCUT2D eigenvalue weighted by atomic mass is 10.0. The molecule has 3 atom stereocenters. The fourth-order valence-electron chi connectivity index (χ4n) is 6.32. The summed E-state index contributed by atoms with van der Waals surface area (Å²) in [6.07, 6.45) is 41.4. The number of ether oxygens (including phenoxy) is 2. The second-order valence-electron chi connectivity index (χ2n) is 15.4. The molecule has 56 heavy (non-hydrogen) atoms. The van der Waals surface area contributed by atoms with Gasteiger partial charge in [0.05, 0.1) is 19.8 Å². The predicted molar refractivity (Wildman–Crippen MR) is 228 cm³/mol. The highest BCUT2D eigenvalue weighted by Crippen LogP contribution is 2.43. The highest BCUT2D eigenvalue weighted by Gasteiger charge is 2.27. The maximum absolute atomic E-state index is 12.6. The maximum atomic E-state index is 12.6. The van der Waals surface area contributed by atoms with Gasteiger partial charge in [-0.1, -0.05) is 179 Å². The third kappa shape index (κ3) is 40.6. The van der Waals surface area contributed by atoms with E-state index in [2.05, 4.69) is 38.2 Å². The summed E-state index contributed by atoms with van der Waals surface area (Å²) >= 11 is 0. The molecular formula is C45H85O10P. The van der Waals surface area contributed by atoms with Crippen LogP contribution in [0.2, 0.25) is 0 Å². The number of hydrogen-bond acceptors (Lipinski definition) is 9. The van der Waals surface area contributed by atoms with Crippen molar-refractivity contribution in [2.75, 3.05) is 26.4 Å². The van der Waals surface area contributed by atoms with E-state index < -0.39 is 51.8 Å². The van der Waals surface area contributed by atoms with Crippen LogP contribution in [0.15, 0.2) is 24.3 Å². The molecule has 0 aliphatic carbocycles. The van der Waals surface area contributed by atoms with Crippen LogP contribution in [0.25, 0.3) is 0 Å². The van der Waals surface area contributed by atoms with Crippen molar-refractivity contribution in [3.8, 4) is 0 Å². The van der Waals surface area contributed by atoms with Gasteiger partial charge < -0.3 is 24.6 Å². The molecule has 0 saturated heterocycles. The Morgan fingerprint density at radius 1 is 0.536 bits per heavy atom. The normalized spacial score (nSPS) is 14.0. The standard InChI is InChI=1S/C45H85O10P/c1-3-5-7-9-11-13-15-17-19-20-21-22-23-25-26-28-30-32-34-36-44(48)52-40-43(41-54-56(50,51)53-39-42(47)38-46)55-45(49)37-35-33-31-29-27-24-18-16-14-12-10-8-6-4-2/h11,13,17,19,42-43,46-47H,3-10,12,14-16,18,20-41H2,1-2H3,(H,50,51)/b13-11-,19-17-/t42-,43+/m0/s1. The van der Waals surface area contributed by atoms with Gasteiger partial charge in [0.2, 0.25) is 0 Å². The Morgan fingerprint density at radius 2 is 0.929 bits per heavy atom. The molecule has 11 heteroatoms. The SMILES string of the molecule is CCCCC/C=C\C/C=C\CCCCCCCCCCCC(=O)OC[C@H](COP(=O)(O)OC[C@@H](O)CO)OC(=O)CCCCCCCCCCCCCCCC. The number of rotatable bonds is 43. The first-order chi connectivity index (χ1) is 27.2. The Kier molecular flexibility index (Phi) is 40.5. The molecule has 0 aliphatic rings. The van der Waals surface area contributed by atoms with Crippen molar-refractivity contribution < 1.29 is 47.8 Å². The van der Waals surface area contributed by atoms with Crippen LogP contribution in [0, 0.1) is 0 Å². The predicted octanol–water partition coefficient (Wildman–Crippen LogP) is 12.2. The van der Waals surface area contributed by atoms with Crippen LogP contribution in [-0.2, 0) is 32.7 Å². The molecule has 0 aromatic carbocycles. The summed E-state index contributed by atoms with van der Waals surface area (Å²) in [7, 11) is -4.61. The molecule has 0 aromatic rings. The minimum absolute atomic E-state index is 0.188. The van der Waals surface area contributed by atoms with E-state index in [1.54, 1.807) is 0 Å². The molecule has 0 amide bonds. The molecule has 0 aromatic heterocycles. The van der Waals surface area contributed by atoms with Gasteiger partial charge in [0.1, 0.15) is 12.7 Å². The Labute approximate surface area is 342 Å². The summed E-state index contributed by atoms with van der Waals surface area (Å²) in [5.41, 5.74) is 0. The van der Waals surface area contributed by atoms with E-state index in [1.165, 1.54) is 122 Å². The number of carbonyl (C=O) groups is 2. The van der Waals surface area contributed by atoms with Gasteiger partial charge in [-0.15, -0.1) is 0 Å². The van der Waals surface area contributed by atoms with Gasteiger partial charge in [0.15, 0.2) is 6.10 Å². The lowest BCUT2D eigenvalue weighted by Gasteiger charge is -2.20. The number of aliphatic hydroxyl groups is 2. The summed E-state index contributed by atoms with van der Waals surface area (Å²) in [5.74, 6) is -0.921. The van der Waals surface area contributed by atoms with Crippen molar-refractivity contribution in [1.82, 2.24) is 0 Å². The Hall–Kier alpha value is -1.55. The number of phosphoric acid groups is 1. The Bertz CT molecular complexity index is 988. The number of unbranched alkanes of at least 4 members (excludes halogenated alkanes) is 25. The van der Waals surface area contributed by atoms with E-state index in [0.717, 1.165) is 51.4 Å². The van der Waals surface area contributed by atoms with Gasteiger partial charge >= 0.3 is 19.8 Å². The second-order valence-corrected chi connectivity index (χ2v) is 16.9. The first-order valence-electron chi connectivity index (χ1n) is 22.8. The highest BCUT2D eigenvalue weighted by atomic mass is 31.2. The average molecular weight is 817 g/mol. The van der Waals surface area contributed by atoms with Crippen molar-refractivity contribution in [2.45, 2.75) is 225 Å². The highest BCUT2D eigenvalue weighted by molar-refractivity contribution is 7.47. The summed E-state index contributed by atoms with van der Waals surface area (Å²) in [6, 6.07) is 0. The molecule has 330 valence electrons. The molecule has 0 saturated carbocycles. The molecule has 0 rings (SSSR count). The van der Waals surface area contributed by atoms with E-state index in [4.69, 9.17) is 23.6 Å². The second kappa shape index (κ2) is 41.6. The zero-order chi connectivity index (χ0) is 41.2. The van der Waals surface area contributed by atoms with Crippen molar-refractivity contribution in [2.24, 2.45) is 0 Å². The Balaban J connectivity index is 4.23. The number of carbonyl (C=O) groups excluding carboxylic acids is 2. The quantitative estimate of drug-likeness (QED) is 0.0235. The van der Waals surface area contributed by atoms with Gasteiger partial charge in [0, 0.05) is 12.8 Å². The minimum Gasteiger partial charge on any atom is -0.462 e. The van der Waals surface area contributed by atoms with Crippen molar-refractivity contribution in [3.05, 3.63) is 24.3 Å². The number of esters is 2. The third-order valence-electron chi connectivity index (χ3n) is 9.86. The summed E-state index contributed by atoms with van der Waals surface area (Å²) in [4.78, 5) is 35.0. The summed E-state index contributed by atoms with van der Waals surface area (Å²) in [6.45, 7) is 2.38. The van der Waals surface area contributed by atoms with Gasteiger partial charge in [0.25, 0.3) is 0 Å². The molecule has 10 nitrogen and oxygen atoms in total. The van der Waals surface area contributed by atoms with Gasteiger partial charge in [-0.05, 0) is 44.9 Å². The summed E-state index contributed by atoms with van der Waals surface area (Å²) < 4.78 is 32.7. The van der Waals surface area contributed by atoms with Crippen LogP contribution in [0.4, 0.5) is 0 Å². The van der Waals surface area contributed by atoms with Gasteiger partial charge in [-0.3, -0.25) is 18.6 Å². The van der Waals surface area contributed by atoms with E-state index in [0.29, 0.717) is 12.8 Å². The maximum Gasteiger partial charge on any atom is 0.472 e. The van der Waals surface area contributed by atoms with E-state index >= 15 is 0 Å². The minimum atomic E-state index is -4.61. The van der Waals surface area contributed by atoms with Crippen molar-refractivity contribution in [3.63, 3.8) is 0 Å². The fourth-order valence-corrected chi connectivity index (χ4v) is 7.11. The average Bonchev–Trinajstić information content (AvgIpc) is 3.19. The van der Waals surface area contributed by atoms with E-state index in [1.807, 2.05) is 0 Å². The molecule has 0 aliphatic heterocycles. The number of aliphatic hydroxyl groups excluding tert-OH is 2. The van der Waals surface area contributed by atoms with Gasteiger partial charge in [-0.2, -0.15) is 0 Å². The Morgan fingerprint density at radius 3 is 1.41 bits per heavy atom. The van der Waals surface area contributed by atoms with Crippen LogP contribution >= 0.6 is 7.82 Å². The fraction of sp³-hybridized carbons (Fsp3) is 0.867. The van der Waals surface area contributed by atoms with Crippen molar-refractivity contribution in [1.29, 1.82) is 0 Å². The molecular weight excluding hydrogens is 731 g/mol. The molecule has 1 unspecified atom stereocenters. The molecule has 0 heterocycles. The van der Waals surface area contributed by atoms with Crippen LogP contribution in [0.3, 0.4) is 0 Å². The number of phosphoric ester groups is 1. The topological polar surface area (TPSA) is 149 Å². The lowest BCUT2D eigenvalue weighted by Crippen LogP contribution is -2.29. The lowest BCUT2D eigenvalue weighted by molar-refractivity contribution is -0.161. The zero-order valence-electron chi connectivity index (χ0n) is 35.9. The molecule has 3 N–H and O–H groups in total. The van der Waals surface area contributed by atoms with Gasteiger partial charge in [-0.25, -0.2) is 4.57 Å². The first kappa shape index (κ1) is 54.5. The smallest absolute Gasteiger partial charge is 0.462 e. The monoisotopic (exact) mass is 817 g/mol. The van der Waals surface area contributed by atoms with Crippen LogP contribution in [0.1, 0.15) is 213 Å². The first-order valence-corrected chi connectivity index (χ1v) is 24.3. The zero-order valence-corrected chi connectivity index (χ0v) is 36.8. The molecule has 0 bridgehead atoms. The summed E-state index contributed by atoms with van der Waals surface area (Å²) in [5, 5.41) is 18.3. The van der Waals surface area contributed by atoms with Crippen LogP contribution in [0.5, 0.6) is 0 Å². The molecule has 0 spiro atoms. The third-order valence-corrected chi connectivity index (χ3v) is 10.8. The van der Waals surface area contributed by atoms with Crippen LogP contribution < -0.4 is 0 Å². The largest absolute Gasteiger partial charge is 0.472 e.